The molecule has 0 heterocycles. The molecule has 0 unspecified atom stereocenters. The highest BCUT2D eigenvalue weighted by molar-refractivity contribution is 5.87. The number of rotatable bonds is 5. The number of carboxylic acids is 1. The molecule has 5 aliphatic rings. The summed E-state index contributed by atoms with van der Waals surface area (Å²) in [5.74, 6) is -0.769. The minimum Gasteiger partial charge on any atom is -0.508 e. The molecule has 1 aromatic rings. The van der Waals surface area contributed by atoms with E-state index >= 15 is 0 Å². The molecule has 0 aliphatic heterocycles. The molecule has 0 radical (unpaired) electrons. The van der Waals surface area contributed by atoms with Crippen LogP contribution in [-0.2, 0) is 14.3 Å². The second kappa shape index (κ2) is 10.9. The van der Waals surface area contributed by atoms with Crippen molar-refractivity contribution < 1.29 is 34.8 Å². The van der Waals surface area contributed by atoms with Gasteiger partial charge in [0.2, 0.25) is 0 Å². The van der Waals surface area contributed by atoms with Gasteiger partial charge in [0.25, 0.3) is 0 Å². The minimum absolute atomic E-state index is 0.0271. The van der Waals surface area contributed by atoms with Gasteiger partial charge in [-0.05, 0) is 121 Å². The Morgan fingerprint density at radius 3 is 2.26 bits per heavy atom. The first kappa shape index (κ1) is 33.3. The van der Waals surface area contributed by atoms with Gasteiger partial charge < -0.3 is 25.2 Å². The second-order valence-corrected chi connectivity index (χ2v) is 17.4. The molecule has 4 fully saturated rings. The van der Waals surface area contributed by atoms with Gasteiger partial charge >= 0.3 is 11.9 Å². The van der Waals surface area contributed by atoms with Crippen molar-refractivity contribution in [1.29, 1.82) is 0 Å². The normalized spacial score (nSPS) is 44.6. The van der Waals surface area contributed by atoms with Crippen LogP contribution in [0.2, 0.25) is 0 Å². The number of ether oxygens (including phenoxy) is 1. The maximum absolute atomic E-state index is 13.1. The summed E-state index contributed by atoms with van der Waals surface area (Å²) in [6.07, 6.45) is 10.8. The van der Waals surface area contributed by atoms with Crippen molar-refractivity contribution in [3.63, 3.8) is 0 Å². The molecule has 10 atom stereocenters. The van der Waals surface area contributed by atoms with Crippen molar-refractivity contribution in [2.75, 3.05) is 6.61 Å². The predicted octanol–water partition coefficient (Wildman–Crippen LogP) is 7.15. The summed E-state index contributed by atoms with van der Waals surface area (Å²) in [7, 11) is 0. The maximum atomic E-state index is 13.1. The Morgan fingerprint density at radius 1 is 0.935 bits per heavy atom. The average molecular weight is 635 g/mol. The van der Waals surface area contributed by atoms with Crippen molar-refractivity contribution in [1.82, 2.24) is 0 Å². The van der Waals surface area contributed by atoms with Gasteiger partial charge in [0.1, 0.15) is 11.9 Å². The molecule has 0 amide bonds. The summed E-state index contributed by atoms with van der Waals surface area (Å²) < 4.78 is 5.98. The highest BCUT2D eigenvalue weighted by atomic mass is 16.6. The Bertz CT molecular complexity index is 1440. The Balaban J connectivity index is 1.31. The van der Waals surface area contributed by atoms with Gasteiger partial charge in [-0.1, -0.05) is 65.3 Å². The van der Waals surface area contributed by atoms with Gasteiger partial charge in [0.15, 0.2) is 0 Å². The van der Waals surface area contributed by atoms with E-state index in [4.69, 9.17) is 4.74 Å². The fourth-order valence-electron chi connectivity index (χ4n) is 11.9. The summed E-state index contributed by atoms with van der Waals surface area (Å²) in [6, 6.07) is 6.49. The van der Waals surface area contributed by atoms with Gasteiger partial charge in [0, 0.05) is 11.5 Å². The highest BCUT2D eigenvalue weighted by Crippen LogP contribution is 2.75. The molecule has 0 aromatic heterocycles. The van der Waals surface area contributed by atoms with Crippen LogP contribution < -0.4 is 0 Å². The van der Waals surface area contributed by atoms with Crippen molar-refractivity contribution in [3.05, 3.63) is 47.6 Å². The summed E-state index contributed by atoms with van der Waals surface area (Å²) in [4.78, 5) is 26.0. The smallest absolute Gasteiger partial charge is 0.331 e. The molecule has 7 heteroatoms. The van der Waals surface area contributed by atoms with Crippen LogP contribution >= 0.6 is 0 Å². The number of aliphatic carboxylic acids is 1. The van der Waals surface area contributed by atoms with Crippen LogP contribution in [0, 0.1) is 50.2 Å². The van der Waals surface area contributed by atoms with Crippen molar-refractivity contribution in [2.45, 2.75) is 112 Å². The number of phenolic OH excluding ortho intramolecular Hbond substituents is 1. The molecular weight excluding hydrogens is 580 g/mol. The Labute approximate surface area is 274 Å². The summed E-state index contributed by atoms with van der Waals surface area (Å²) in [6.45, 7) is 13.5. The van der Waals surface area contributed by atoms with E-state index < -0.39 is 35.0 Å². The number of carbonyl (C=O) groups excluding carboxylic acids is 1. The van der Waals surface area contributed by atoms with E-state index in [-0.39, 0.29) is 51.8 Å². The fourth-order valence-corrected chi connectivity index (χ4v) is 11.9. The van der Waals surface area contributed by atoms with Gasteiger partial charge in [-0.25, -0.2) is 4.79 Å². The van der Waals surface area contributed by atoms with Crippen LogP contribution in [0.25, 0.3) is 6.08 Å². The molecule has 6 rings (SSSR count). The molecule has 46 heavy (non-hydrogen) atoms. The van der Waals surface area contributed by atoms with Gasteiger partial charge in [-0.2, -0.15) is 0 Å². The molecule has 7 nitrogen and oxygen atoms in total. The first-order valence-corrected chi connectivity index (χ1v) is 17.4. The number of phenols is 1. The molecule has 1 aromatic carbocycles. The number of hydrogen-bond acceptors (Lipinski definition) is 6. The number of benzene rings is 1. The number of aliphatic hydroxyl groups excluding tert-OH is 2. The van der Waals surface area contributed by atoms with Gasteiger partial charge in [0.05, 0.1) is 18.1 Å². The standard InChI is InChI=1S/C39H54O7/c1-34(2)17-19-39(33(44)45)20-18-37(5)26(27(39)21-34)12-13-30-35(3)22-28(42)32(36(4,23-40)29(35)15-16-38(30,37)6)46-31(43)14-9-24-7-10-25(41)11-8-24/h7-12,14,27-30,32,40-42H,13,15-23H2,1-6H3,(H,44,45)/b14-9-/t27-,28-,29+,30+,32+,35+,36+,37-,38-,39+/m1/s1. The van der Waals surface area contributed by atoms with E-state index in [2.05, 4.69) is 40.7 Å². The number of allylic oxidation sites excluding steroid dienone is 2. The predicted molar refractivity (Wildman–Crippen MR) is 176 cm³/mol. The van der Waals surface area contributed by atoms with Crippen LogP contribution in [-0.4, -0.2) is 51.2 Å². The largest absolute Gasteiger partial charge is 0.508 e. The van der Waals surface area contributed by atoms with E-state index in [9.17, 15) is 30.0 Å². The number of carboxylic acid groups (broad SMARTS) is 1. The van der Waals surface area contributed by atoms with Gasteiger partial charge in [-0.15, -0.1) is 0 Å². The van der Waals surface area contributed by atoms with Crippen LogP contribution in [0.15, 0.2) is 42.0 Å². The Hall–Kier alpha value is -2.64. The molecule has 0 saturated heterocycles. The first-order chi connectivity index (χ1) is 21.5. The highest BCUT2D eigenvalue weighted by Gasteiger charge is 2.71. The number of aromatic hydroxyl groups is 1. The van der Waals surface area contributed by atoms with Crippen molar-refractivity contribution in [3.8, 4) is 5.75 Å². The third-order valence-electron chi connectivity index (χ3n) is 14.7. The van der Waals surface area contributed by atoms with E-state index in [0.717, 1.165) is 50.5 Å². The molecular formula is C39H54O7. The SMILES string of the molecule is CC1(C)CC[C@]2(C(=O)O)CC[C@]3(C)C(=CC[C@H]4[C@@]5(C)C[C@@H](O)[C@H](OC(=O)/C=C\c6ccc(O)cc6)[C@@](C)(CO)[C@H]5CC[C@]43C)[C@H]2C1. The quantitative estimate of drug-likeness (QED) is 0.154. The molecule has 252 valence electrons. The van der Waals surface area contributed by atoms with Crippen LogP contribution in [0.4, 0.5) is 0 Å². The number of carbonyl (C=O) groups is 2. The second-order valence-electron chi connectivity index (χ2n) is 17.4. The monoisotopic (exact) mass is 634 g/mol. The van der Waals surface area contributed by atoms with E-state index in [1.54, 1.807) is 30.3 Å². The number of aliphatic hydroxyl groups is 2. The zero-order valence-electron chi connectivity index (χ0n) is 28.5. The summed E-state index contributed by atoms with van der Waals surface area (Å²) >= 11 is 0. The number of fused-ring (bicyclic) bond motifs is 7. The molecule has 5 aliphatic carbocycles. The van der Waals surface area contributed by atoms with Crippen LogP contribution in [0.5, 0.6) is 5.75 Å². The lowest BCUT2D eigenvalue weighted by atomic mass is 9.33. The minimum atomic E-state index is -0.935. The maximum Gasteiger partial charge on any atom is 0.331 e. The van der Waals surface area contributed by atoms with Gasteiger partial charge in [-0.3, -0.25) is 4.79 Å². The zero-order valence-corrected chi connectivity index (χ0v) is 28.5. The third kappa shape index (κ3) is 4.73. The molecule has 0 bridgehead atoms. The number of esters is 1. The van der Waals surface area contributed by atoms with E-state index in [0.29, 0.717) is 12.8 Å². The fraction of sp³-hybridized carbons (Fsp3) is 0.692. The lowest BCUT2D eigenvalue weighted by Gasteiger charge is -2.71. The number of hydrogen-bond donors (Lipinski definition) is 4. The Morgan fingerprint density at radius 2 is 1.61 bits per heavy atom. The van der Waals surface area contributed by atoms with E-state index in [1.165, 1.54) is 11.6 Å². The lowest BCUT2D eigenvalue weighted by molar-refractivity contribution is -0.249. The first-order valence-electron chi connectivity index (χ1n) is 17.4. The molecule has 4 saturated carbocycles. The lowest BCUT2D eigenvalue weighted by Crippen LogP contribution is -2.68. The Kier molecular flexibility index (Phi) is 7.92. The van der Waals surface area contributed by atoms with E-state index in [1.807, 2.05) is 6.92 Å². The van der Waals surface area contributed by atoms with Crippen molar-refractivity contribution in [2.24, 2.45) is 50.2 Å². The third-order valence-corrected chi connectivity index (χ3v) is 14.7. The van der Waals surface area contributed by atoms with Crippen LogP contribution in [0.1, 0.15) is 105 Å². The zero-order chi connectivity index (χ0) is 33.5. The molecule has 4 N–H and O–H groups in total. The average Bonchev–Trinajstić information content (AvgIpc) is 2.98. The molecule has 0 spiro atoms. The topological polar surface area (TPSA) is 124 Å². The van der Waals surface area contributed by atoms with Crippen molar-refractivity contribution >= 4 is 18.0 Å². The summed E-state index contributed by atoms with van der Waals surface area (Å²) in [5, 5.41) is 42.9. The van der Waals surface area contributed by atoms with Crippen LogP contribution in [0.3, 0.4) is 0 Å². The summed E-state index contributed by atoms with van der Waals surface area (Å²) in [5.41, 5.74) is 0.128.